The molecule has 0 aromatic heterocycles. The fourth-order valence-corrected chi connectivity index (χ4v) is 2.31. The second-order valence-electron chi connectivity index (χ2n) is 6.40. The van der Waals surface area contributed by atoms with Crippen molar-refractivity contribution >= 4 is 23.7 Å². The van der Waals surface area contributed by atoms with Crippen LogP contribution in [0.25, 0.3) is 0 Å². The Bertz CT molecular complexity index is 541. The molecule has 3 amide bonds. The number of rotatable bonds is 13. The van der Waals surface area contributed by atoms with Gasteiger partial charge in [0.15, 0.2) is 6.04 Å². The summed E-state index contributed by atoms with van der Waals surface area (Å²) in [5.74, 6) is -3.80. The molecule has 0 aliphatic heterocycles. The zero-order chi connectivity index (χ0) is 21.9. The lowest BCUT2D eigenvalue weighted by molar-refractivity contribution is -0.146. The first-order valence-electron chi connectivity index (χ1n) is 8.94. The van der Waals surface area contributed by atoms with Crippen LogP contribution in [0.3, 0.4) is 0 Å². The summed E-state index contributed by atoms with van der Waals surface area (Å²) >= 11 is 0. The second-order valence-corrected chi connectivity index (χ2v) is 6.40. The van der Waals surface area contributed by atoms with Crippen LogP contribution in [0.2, 0.25) is 0 Å². The molecule has 0 fully saturated rings. The van der Waals surface area contributed by atoms with Gasteiger partial charge >= 0.3 is 5.97 Å². The molecule has 0 rings (SSSR count). The maximum absolute atomic E-state index is 12.5. The molecule has 0 radical (unpaired) electrons. The number of unbranched alkanes of at least 4 members (excludes halogenated alkanes) is 1. The van der Waals surface area contributed by atoms with E-state index in [2.05, 4.69) is 16.0 Å². The first-order chi connectivity index (χ1) is 13.0. The highest BCUT2D eigenvalue weighted by molar-refractivity contribution is 5.94. The monoisotopic (exact) mass is 405 g/mol. The predicted octanol–water partition coefficient (Wildman–Crippen LogP) is -3.63. The molecular formula is C16H31N5O7. The smallest absolute Gasteiger partial charge is 0.328 e. The molecule has 0 spiro atoms. The summed E-state index contributed by atoms with van der Waals surface area (Å²) in [6.07, 6.45) is -1.42. The Balaban J connectivity index is 5.22. The summed E-state index contributed by atoms with van der Waals surface area (Å²) in [4.78, 5) is 47.5. The zero-order valence-electron chi connectivity index (χ0n) is 16.1. The minimum Gasteiger partial charge on any atom is -0.480 e. The fourth-order valence-electron chi connectivity index (χ4n) is 2.31. The van der Waals surface area contributed by atoms with Gasteiger partial charge in [0, 0.05) is 0 Å². The molecule has 0 saturated heterocycles. The van der Waals surface area contributed by atoms with E-state index in [0.29, 0.717) is 19.4 Å². The number of amides is 3. The number of carboxylic acids is 1. The Morgan fingerprint density at radius 2 is 1.39 bits per heavy atom. The van der Waals surface area contributed by atoms with Gasteiger partial charge in [-0.1, -0.05) is 0 Å². The van der Waals surface area contributed by atoms with Crippen molar-refractivity contribution in [2.24, 2.45) is 11.5 Å². The molecule has 5 atom stereocenters. The van der Waals surface area contributed by atoms with Crippen molar-refractivity contribution in [3.63, 3.8) is 0 Å². The molecule has 0 saturated carbocycles. The van der Waals surface area contributed by atoms with Gasteiger partial charge < -0.3 is 42.7 Å². The summed E-state index contributed by atoms with van der Waals surface area (Å²) in [5.41, 5.74) is 10.6. The summed E-state index contributed by atoms with van der Waals surface area (Å²) in [5, 5.41) is 35.1. The number of carbonyl (C=O) groups is 4. The predicted molar refractivity (Wildman–Crippen MR) is 98.7 cm³/mol. The van der Waals surface area contributed by atoms with Crippen LogP contribution < -0.4 is 27.4 Å². The third-order valence-electron chi connectivity index (χ3n) is 3.89. The van der Waals surface area contributed by atoms with E-state index in [0.717, 1.165) is 0 Å². The fraction of sp³-hybridized carbons (Fsp3) is 0.750. The quantitative estimate of drug-likeness (QED) is 0.142. The number of carbonyl (C=O) groups excluding carboxylic acids is 3. The standard InChI is InChI=1S/C16H31N5O7/c1-8(22)12(15(26)21-13(9(2)23)16(27)28)20-14(25)10(5-3-4-6-17)19-11(24)7-18/h8-10,12-13,22-23H,3-7,17-18H2,1-2H3,(H,19,24)(H,20,25)(H,21,26)(H,27,28). The number of hydrogen-bond acceptors (Lipinski definition) is 8. The molecule has 0 aliphatic rings. The zero-order valence-corrected chi connectivity index (χ0v) is 16.1. The van der Waals surface area contributed by atoms with Crippen LogP contribution in [0.15, 0.2) is 0 Å². The van der Waals surface area contributed by atoms with Crippen molar-refractivity contribution in [3.05, 3.63) is 0 Å². The van der Waals surface area contributed by atoms with E-state index in [1.54, 1.807) is 0 Å². The Morgan fingerprint density at radius 3 is 1.82 bits per heavy atom. The number of aliphatic hydroxyl groups is 2. The molecule has 0 aromatic rings. The van der Waals surface area contributed by atoms with E-state index in [1.807, 2.05) is 0 Å². The van der Waals surface area contributed by atoms with Crippen molar-refractivity contribution in [2.75, 3.05) is 13.1 Å². The Labute approximate surface area is 163 Å². The lowest BCUT2D eigenvalue weighted by atomic mass is 10.1. The van der Waals surface area contributed by atoms with Gasteiger partial charge in [0.25, 0.3) is 0 Å². The van der Waals surface area contributed by atoms with E-state index in [4.69, 9.17) is 16.6 Å². The van der Waals surface area contributed by atoms with Crippen molar-refractivity contribution in [3.8, 4) is 0 Å². The molecule has 0 aliphatic carbocycles. The van der Waals surface area contributed by atoms with Crippen LogP contribution in [0.4, 0.5) is 0 Å². The molecule has 28 heavy (non-hydrogen) atoms. The molecule has 0 aromatic carbocycles. The average Bonchev–Trinajstić information content (AvgIpc) is 2.61. The summed E-state index contributed by atoms with van der Waals surface area (Å²) in [6.45, 7) is 2.46. The Hall–Kier alpha value is -2.28. The summed E-state index contributed by atoms with van der Waals surface area (Å²) in [6, 6.07) is -4.13. The minimum absolute atomic E-state index is 0.231. The van der Waals surface area contributed by atoms with Gasteiger partial charge in [-0.05, 0) is 39.7 Å². The van der Waals surface area contributed by atoms with Gasteiger partial charge in [-0.3, -0.25) is 14.4 Å². The SMILES string of the molecule is CC(O)C(NC(=O)C(NC(=O)C(CCCCN)NC(=O)CN)C(C)O)C(=O)O. The van der Waals surface area contributed by atoms with Crippen molar-refractivity contribution in [1.29, 1.82) is 0 Å². The third-order valence-corrected chi connectivity index (χ3v) is 3.89. The molecule has 0 bridgehead atoms. The number of aliphatic carboxylic acids is 1. The van der Waals surface area contributed by atoms with Gasteiger partial charge in [-0.25, -0.2) is 4.79 Å². The van der Waals surface area contributed by atoms with Gasteiger partial charge in [-0.15, -0.1) is 0 Å². The first kappa shape index (κ1) is 25.7. The normalized spacial score (nSPS) is 16.2. The average molecular weight is 405 g/mol. The van der Waals surface area contributed by atoms with Crippen LogP contribution in [-0.4, -0.2) is 82.4 Å². The van der Waals surface area contributed by atoms with Crippen molar-refractivity contribution < 1.29 is 34.5 Å². The molecule has 5 unspecified atom stereocenters. The number of carboxylic acid groups (broad SMARTS) is 1. The van der Waals surface area contributed by atoms with Crippen LogP contribution in [0.5, 0.6) is 0 Å². The molecule has 12 heteroatoms. The number of aliphatic hydroxyl groups excluding tert-OH is 2. The van der Waals surface area contributed by atoms with Crippen LogP contribution in [0.1, 0.15) is 33.1 Å². The lowest BCUT2D eigenvalue weighted by Crippen LogP contribution is -2.60. The summed E-state index contributed by atoms with van der Waals surface area (Å²) < 4.78 is 0. The van der Waals surface area contributed by atoms with E-state index < -0.39 is 54.0 Å². The van der Waals surface area contributed by atoms with Crippen molar-refractivity contribution in [1.82, 2.24) is 16.0 Å². The van der Waals surface area contributed by atoms with Gasteiger partial charge in [-0.2, -0.15) is 0 Å². The van der Waals surface area contributed by atoms with Gasteiger partial charge in [0.2, 0.25) is 17.7 Å². The highest BCUT2D eigenvalue weighted by atomic mass is 16.4. The van der Waals surface area contributed by atoms with Crippen LogP contribution >= 0.6 is 0 Å². The molecule has 162 valence electrons. The maximum atomic E-state index is 12.5. The maximum Gasteiger partial charge on any atom is 0.328 e. The largest absolute Gasteiger partial charge is 0.480 e. The molecule has 10 N–H and O–H groups in total. The number of hydrogen-bond donors (Lipinski definition) is 8. The first-order valence-corrected chi connectivity index (χ1v) is 8.94. The van der Waals surface area contributed by atoms with E-state index in [-0.39, 0.29) is 13.0 Å². The topological polar surface area (TPSA) is 217 Å². The molecular weight excluding hydrogens is 374 g/mol. The Morgan fingerprint density at radius 1 is 0.857 bits per heavy atom. The highest BCUT2D eigenvalue weighted by Crippen LogP contribution is 2.04. The van der Waals surface area contributed by atoms with Crippen LogP contribution in [-0.2, 0) is 19.2 Å². The highest BCUT2D eigenvalue weighted by Gasteiger charge is 2.33. The number of nitrogens with two attached hydrogens (primary N) is 2. The summed E-state index contributed by atoms with van der Waals surface area (Å²) in [7, 11) is 0. The molecule has 0 heterocycles. The third kappa shape index (κ3) is 9.08. The van der Waals surface area contributed by atoms with E-state index in [1.165, 1.54) is 13.8 Å². The number of nitrogens with one attached hydrogen (secondary N) is 3. The van der Waals surface area contributed by atoms with Gasteiger partial charge in [0.1, 0.15) is 12.1 Å². The lowest BCUT2D eigenvalue weighted by Gasteiger charge is -2.26. The van der Waals surface area contributed by atoms with Crippen molar-refractivity contribution in [2.45, 2.75) is 63.4 Å². The van der Waals surface area contributed by atoms with Gasteiger partial charge in [0.05, 0.1) is 18.8 Å². The van der Waals surface area contributed by atoms with E-state index >= 15 is 0 Å². The molecule has 12 nitrogen and oxygen atoms in total. The minimum atomic E-state index is -1.62. The Kier molecular flexibility index (Phi) is 11.9. The van der Waals surface area contributed by atoms with Crippen LogP contribution in [0, 0.1) is 0 Å². The second kappa shape index (κ2) is 13.0. The van der Waals surface area contributed by atoms with E-state index in [9.17, 15) is 29.4 Å².